The van der Waals surface area contributed by atoms with Gasteiger partial charge in [-0.2, -0.15) is 0 Å². The van der Waals surface area contributed by atoms with Gasteiger partial charge in [0.15, 0.2) is 11.4 Å². The molecule has 1 aromatic heterocycles. The van der Waals surface area contributed by atoms with Crippen molar-refractivity contribution in [1.29, 1.82) is 0 Å². The SMILES string of the molecule is CNC(=O)CNC(=O)c1[nH]ccc(=O)c1O.Cl. The average Bonchev–Trinajstić information content (AvgIpc) is 2.29. The number of hydrogen-bond acceptors (Lipinski definition) is 4. The molecular weight excluding hydrogens is 250 g/mol. The first-order chi connectivity index (χ1) is 7.56. The molecule has 7 nitrogen and oxygen atoms in total. The fourth-order valence-corrected chi connectivity index (χ4v) is 0.982. The van der Waals surface area contributed by atoms with Crippen molar-refractivity contribution in [2.75, 3.05) is 13.6 Å². The second kappa shape index (κ2) is 6.54. The molecule has 1 heterocycles. The van der Waals surface area contributed by atoms with Crippen LogP contribution in [0.1, 0.15) is 10.5 Å². The number of likely N-dealkylation sites (N-methyl/N-ethyl adjacent to an activating group) is 1. The molecule has 0 atom stereocenters. The molecule has 0 aliphatic carbocycles. The number of nitrogens with one attached hydrogen (secondary N) is 3. The smallest absolute Gasteiger partial charge is 0.272 e. The molecule has 0 spiro atoms. The maximum Gasteiger partial charge on any atom is 0.272 e. The highest BCUT2D eigenvalue weighted by Crippen LogP contribution is 2.05. The van der Waals surface area contributed by atoms with E-state index < -0.39 is 17.1 Å². The Morgan fingerprint density at radius 3 is 2.71 bits per heavy atom. The van der Waals surface area contributed by atoms with Crippen LogP contribution < -0.4 is 16.1 Å². The number of amides is 2. The summed E-state index contributed by atoms with van der Waals surface area (Å²) in [4.78, 5) is 35.7. The second-order valence-corrected chi connectivity index (χ2v) is 2.92. The zero-order chi connectivity index (χ0) is 12.1. The van der Waals surface area contributed by atoms with Gasteiger partial charge >= 0.3 is 0 Å². The number of aromatic nitrogens is 1. The molecule has 2 amide bonds. The van der Waals surface area contributed by atoms with Gasteiger partial charge in [0.2, 0.25) is 11.3 Å². The van der Waals surface area contributed by atoms with Crippen molar-refractivity contribution in [3.8, 4) is 5.75 Å². The number of carbonyl (C=O) groups excluding carboxylic acids is 2. The van der Waals surface area contributed by atoms with Crippen LogP contribution in [0.15, 0.2) is 17.1 Å². The summed E-state index contributed by atoms with van der Waals surface area (Å²) in [7, 11) is 1.43. The Hall–Kier alpha value is -2.02. The molecule has 0 saturated carbocycles. The van der Waals surface area contributed by atoms with Crippen molar-refractivity contribution in [3.05, 3.63) is 28.2 Å². The minimum atomic E-state index is -0.723. The van der Waals surface area contributed by atoms with Gasteiger partial charge in [-0.25, -0.2) is 0 Å². The standard InChI is InChI=1S/C9H11N3O4.ClH/c1-10-6(14)4-12-9(16)7-8(15)5(13)2-3-11-7;/h2-3,15H,4H2,1H3,(H,10,14)(H,11,13)(H,12,16);1H. The molecule has 17 heavy (non-hydrogen) atoms. The van der Waals surface area contributed by atoms with E-state index in [0.29, 0.717) is 0 Å². The monoisotopic (exact) mass is 261 g/mol. The quantitative estimate of drug-likeness (QED) is 0.558. The Kier molecular flexibility index (Phi) is 5.76. The predicted molar refractivity (Wildman–Crippen MR) is 62.4 cm³/mol. The van der Waals surface area contributed by atoms with E-state index in [0.717, 1.165) is 6.07 Å². The molecule has 94 valence electrons. The number of rotatable bonds is 3. The van der Waals surface area contributed by atoms with Gasteiger partial charge in [0, 0.05) is 19.3 Å². The highest BCUT2D eigenvalue weighted by atomic mass is 35.5. The summed E-state index contributed by atoms with van der Waals surface area (Å²) in [5.74, 6) is -1.78. The molecule has 0 aliphatic rings. The van der Waals surface area contributed by atoms with Crippen LogP contribution in [-0.4, -0.2) is 35.5 Å². The highest BCUT2D eigenvalue weighted by Gasteiger charge is 2.14. The molecule has 8 heteroatoms. The Morgan fingerprint density at radius 2 is 2.12 bits per heavy atom. The molecule has 0 bridgehead atoms. The lowest BCUT2D eigenvalue weighted by Gasteiger charge is -2.05. The van der Waals surface area contributed by atoms with Crippen molar-refractivity contribution in [3.63, 3.8) is 0 Å². The maximum absolute atomic E-state index is 11.4. The summed E-state index contributed by atoms with van der Waals surface area (Å²) in [6, 6.07) is 1.09. The lowest BCUT2D eigenvalue weighted by Crippen LogP contribution is -2.35. The van der Waals surface area contributed by atoms with E-state index in [1.54, 1.807) is 0 Å². The summed E-state index contributed by atoms with van der Waals surface area (Å²) >= 11 is 0. The lowest BCUT2D eigenvalue weighted by molar-refractivity contribution is -0.119. The summed E-state index contributed by atoms with van der Waals surface area (Å²) in [5, 5.41) is 13.8. The molecule has 4 N–H and O–H groups in total. The van der Waals surface area contributed by atoms with Crippen molar-refractivity contribution < 1.29 is 14.7 Å². The Labute approximate surface area is 103 Å². The Bertz CT molecular complexity index is 472. The van der Waals surface area contributed by atoms with E-state index in [4.69, 9.17) is 0 Å². The number of aromatic amines is 1. The minimum Gasteiger partial charge on any atom is -0.503 e. The third-order valence-corrected chi connectivity index (χ3v) is 1.85. The largest absolute Gasteiger partial charge is 0.503 e. The molecular formula is C9H12ClN3O4. The van der Waals surface area contributed by atoms with Crippen LogP contribution in [0.2, 0.25) is 0 Å². The van der Waals surface area contributed by atoms with Crippen molar-refractivity contribution in [1.82, 2.24) is 15.6 Å². The van der Waals surface area contributed by atoms with Crippen molar-refractivity contribution >= 4 is 24.2 Å². The van der Waals surface area contributed by atoms with Crippen molar-refractivity contribution in [2.24, 2.45) is 0 Å². The van der Waals surface area contributed by atoms with Crippen LogP contribution >= 0.6 is 12.4 Å². The molecule has 1 rings (SSSR count). The minimum absolute atomic E-state index is 0. The number of halogens is 1. The van der Waals surface area contributed by atoms with Gasteiger partial charge in [0.25, 0.3) is 5.91 Å². The Balaban J connectivity index is 0.00000256. The van der Waals surface area contributed by atoms with Crippen LogP contribution in [0, 0.1) is 0 Å². The molecule has 0 radical (unpaired) electrons. The first kappa shape index (κ1) is 15.0. The van der Waals surface area contributed by atoms with Crippen LogP contribution in [0.3, 0.4) is 0 Å². The van der Waals surface area contributed by atoms with Crippen LogP contribution in [0.5, 0.6) is 5.75 Å². The van der Waals surface area contributed by atoms with Gasteiger partial charge in [0.1, 0.15) is 0 Å². The number of H-pyrrole nitrogens is 1. The summed E-state index contributed by atoms with van der Waals surface area (Å²) in [6.45, 7) is -0.230. The lowest BCUT2D eigenvalue weighted by atomic mass is 10.3. The normalized spacial score (nSPS) is 9.00. The number of pyridine rings is 1. The Morgan fingerprint density at radius 1 is 1.47 bits per heavy atom. The van der Waals surface area contributed by atoms with E-state index >= 15 is 0 Å². The summed E-state index contributed by atoms with van der Waals surface area (Å²) in [5.41, 5.74) is -0.930. The van der Waals surface area contributed by atoms with Gasteiger partial charge in [-0.05, 0) is 0 Å². The van der Waals surface area contributed by atoms with E-state index in [1.165, 1.54) is 13.2 Å². The fraction of sp³-hybridized carbons (Fsp3) is 0.222. The van der Waals surface area contributed by atoms with E-state index in [-0.39, 0.29) is 30.6 Å². The molecule has 0 aromatic carbocycles. The van der Waals surface area contributed by atoms with E-state index in [2.05, 4.69) is 15.6 Å². The number of carbonyl (C=O) groups is 2. The van der Waals surface area contributed by atoms with Crippen LogP contribution in [-0.2, 0) is 4.79 Å². The van der Waals surface area contributed by atoms with Crippen molar-refractivity contribution in [2.45, 2.75) is 0 Å². The van der Waals surface area contributed by atoms with Crippen LogP contribution in [0.4, 0.5) is 0 Å². The third-order valence-electron chi connectivity index (χ3n) is 1.85. The molecule has 1 aromatic rings. The first-order valence-electron chi connectivity index (χ1n) is 4.45. The first-order valence-corrected chi connectivity index (χ1v) is 4.45. The zero-order valence-electron chi connectivity index (χ0n) is 8.94. The predicted octanol–water partition coefficient (Wildman–Crippen LogP) is -1.02. The van der Waals surface area contributed by atoms with Gasteiger partial charge in [-0.15, -0.1) is 12.4 Å². The second-order valence-electron chi connectivity index (χ2n) is 2.92. The van der Waals surface area contributed by atoms with Gasteiger partial charge in [-0.1, -0.05) is 0 Å². The summed E-state index contributed by atoms with van der Waals surface area (Å²) in [6.07, 6.45) is 1.23. The van der Waals surface area contributed by atoms with Crippen LogP contribution in [0.25, 0.3) is 0 Å². The van der Waals surface area contributed by atoms with E-state index in [1.807, 2.05) is 0 Å². The number of hydrogen-bond donors (Lipinski definition) is 4. The topological polar surface area (TPSA) is 111 Å². The van der Waals surface area contributed by atoms with Gasteiger partial charge in [-0.3, -0.25) is 14.4 Å². The zero-order valence-corrected chi connectivity index (χ0v) is 9.76. The number of aromatic hydroxyl groups is 1. The molecule has 0 saturated heterocycles. The molecule has 0 aliphatic heterocycles. The molecule has 0 fully saturated rings. The van der Waals surface area contributed by atoms with Gasteiger partial charge in [0.05, 0.1) is 6.54 Å². The fourth-order valence-electron chi connectivity index (χ4n) is 0.982. The highest BCUT2D eigenvalue weighted by molar-refractivity contribution is 5.96. The summed E-state index contributed by atoms with van der Waals surface area (Å²) < 4.78 is 0. The maximum atomic E-state index is 11.4. The third kappa shape index (κ3) is 3.80. The molecule has 0 unspecified atom stereocenters. The average molecular weight is 262 g/mol. The van der Waals surface area contributed by atoms with Gasteiger partial charge < -0.3 is 20.7 Å². The van der Waals surface area contributed by atoms with E-state index in [9.17, 15) is 19.5 Å².